The van der Waals surface area contributed by atoms with Crippen molar-refractivity contribution in [2.24, 2.45) is 18.4 Å². The predicted molar refractivity (Wildman–Crippen MR) is 119 cm³/mol. The van der Waals surface area contributed by atoms with Gasteiger partial charge in [0.05, 0.1) is 16.8 Å². The Morgan fingerprint density at radius 3 is 2.61 bits per heavy atom. The minimum atomic E-state index is -0.448. The van der Waals surface area contributed by atoms with Crippen molar-refractivity contribution in [3.8, 4) is 11.6 Å². The number of allylic oxidation sites excluding steroid dienone is 3. The maximum Gasteiger partial charge on any atom is 0.340 e. The molecule has 0 spiro atoms. The van der Waals surface area contributed by atoms with Crippen LogP contribution in [-0.2, 0) is 21.4 Å². The highest BCUT2D eigenvalue weighted by atomic mass is 16.7. The lowest BCUT2D eigenvalue weighted by molar-refractivity contribution is -0.151. The summed E-state index contributed by atoms with van der Waals surface area (Å²) < 4.78 is 12.9. The van der Waals surface area contributed by atoms with Crippen LogP contribution in [0.3, 0.4) is 0 Å². The molecule has 7 heteroatoms. The van der Waals surface area contributed by atoms with E-state index in [1.54, 1.807) is 4.68 Å². The summed E-state index contributed by atoms with van der Waals surface area (Å²) >= 11 is 0. The number of nitrogens with two attached hydrogens (primary N) is 1. The van der Waals surface area contributed by atoms with Crippen LogP contribution < -0.4 is 10.6 Å². The number of aromatic nitrogens is 2. The molecule has 0 aliphatic heterocycles. The highest BCUT2D eigenvalue weighted by molar-refractivity contribution is 5.94. The molecule has 0 fully saturated rings. The number of ether oxygens (including phenoxy) is 2. The van der Waals surface area contributed by atoms with Gasteiger partial charge in [-0.1, -0.05) is 51.1 Å². The van der Waals surface area contributed by atoms with Crippen molar-refractivity contribution < 1.29 is 19.1 Å². The van der Waals surface area contributed by atoms with Crippen LogP contribution in [0, 0.1) is 12.3 Å². The summed E-state index contributed by atoms with van der Waals surface area (Å²) in [4.78, 5) is 16.9. The molecule has 7 nitrogen and oxygen atoms in total. The van der Waals surface area contributed by atoms with Crippen LogP contribution in [0.2, 0.25) is 0 Å². The van der Waals surface area contributed by atoms with E-state index in [1.165, 1.54) is 0 Å². The fraction of sp³-hybridized carbons (Fsp3) is 0.333. The molecule has 2 N–H and O–H groups in total. The minimum absolute atomic E-state index is 0.263. The van der Waals surface area contributed by atoms with Crippen LogP contribution in [-0.4, -0.2) is 22.5 Å². The summed E-state index contributed by atoms with van der Waals surface area (Å²) in [6.07, 6.45) is 6.56. The molecule has 2 aromatic rings. The lowest BCUT2D eigenvalue weighted by atomic mass is 9.77. The molecule has 1 aromatic heterocycles. The Hall–Kier alpha value is -3.16. The van der Waals surface area contributed by atoms with Gasteiger partial charge in [-0.15, -0.1) is 0 Å². The number of para-hydroxylation sites is 1. The number of benzene rings is 1. The predicted octanol–water partition coefficient (Wildman–Crippen LogP) is 4.60. The van der Waals surface area contributed by atoms with Gasteiger partial charge in [0.15, 0.2) is 0 Å². The van der Waals surface area contributed by atoms with Crippen molar-refractivity contribution in [2.45, 2.75) is 34.1 Å². The third kappa shape index (κ3) is 5.31. The van der Waals surface area contributed by atoms with E-state index in [0.29, 0.717) is 17.9 Å². The summed E-state index contributed by atoms with van der Waals surface area (Å²) in [5, 5.41) is 4.53. The van der Waals surface area contributed by atoms with E-state index in [1.807, 2.05) is 56.5 Å². The molecule has 1 aliphatic carbocycles. The van der Waals surface area contributed by atoms with E-state index in [4.69, 9.17) is 15.4 Å². The van der Waals surface area contributed by atoms with E-state index in [2.05, 4.69) is 36.8 Å². The Morgan fingerprint density at radius 2 is 1.97 bits per heavy atom. The minimum Gasteiger partial charge on any atom is -0.439 e. The monoisotopic (exact) mass is 423 g/mol. The van der Waals surface area contributed by atoms with Gasteiger partial charge in [0.1, 0.15) is 5.75 Å². The van der Waals surface area contributed by atoms with Crippen molar-refractivity contribution in [3.63, 3.8) is 0 Å². The average Bonchev–Trinajstić information content (AvgIpc) is 2.99. The van der Waals surface area contributed by atoms with Gasteiger partial charge in [-0.2, -0.15) is 5.10 Å². The largest absolute Gasteiger partial charge is 0.439 e. The molecule has 31 heavy (non-hydrogen) atoms. The Labute approximate surface area is 182 Å². The Morgan fingerprint density at radius 1 is 1.26 bits per heavy atom. The summed E-state index contributed by atoms with van der Waals surface area (Å²) in [6, 6.07) is 9.61. The first-order valence-corrected chi connectivity index (χ1v) is 10.1. The maximum absolute atomic E-state index is 12.5. The van der Waals surface area contributed by atoms with Crippen molar-refractivity contribution in [3.05, 3.63) is 70.5 Å². The van der Waals surface area contributed by atoms with Gasteiger partial charge < -0.3 is 9.47 Å². The summed E-state index contributed by atoms with van der Waals surface area (Å²) in [5.41, 5.74) is 3.97. The van der Waals surface area contributed by atoms with Gasteiger partial charge in [0, 0.05) is 7.05 Å². The van der Waals surface area contributed by atoms with E-state index < -0.39 is 5.97 Å². The molecule has 0 amide bonds. The smallest absolute Gasteiger partial charge is 0.340 e. The number of aryl methyl sites for hydroxylation is 2. The molecule has 0 saturated carbocycles. The van der Waals surface area contributed by atoms with E-state index >= 15 is 0 Å². The molecule has 3 rings (SSSR count). The number of nitrogens with zero attached hydrogens (tertiary/aromatic N) is 2. The zero-order valence-corrected chi connectivity index (χ0v) is 18.6. The Bertz CT molecular complexity index is 1040. The number of hydrogen-bond acceptors (Lipinski definition) is 6. The van der Waals surface area contributed by atoms with E-state index in [-0.39, 0.29) is 12.2 Å². The lowest BCUT2D eigenvalue weighted by Gasteiger charge is -2.27. The molecule has 164 valence electrons. The van der Waals surface area contributed by atoms with Gasteiger partial charge in [-0.3, -0.25) is 4.84 Å². The van der Waals surface area contributed by atoms with Crippen molar-refractivity contribution in [1.29, 1.82) is 0 Å². The van der Waals surface area contributed by atoms with Crippen LogP contribution in [0.15, 0.2) is 59.2 Å². The molecular weight excluding hydrogens is 394 g/mol. The van der Waals surface area contributed by atoms with Crippen LogP contribution in [0.25, 0.3) is 6.08 Å². The van der Waals surface area contributed by atoms with Gasteiger partial charge in [0.25, 0.3) is 0 Å². The van der Waals surface area contributed by atoms with Crippen LogP contribution in [0.1, 0.15) is 38.4 Å². The van der Waals surface area contributed by atoms with Gasteiger partial charge in [-0.25, -0.2) is 15.4 Å². The fourth-order valence-corrected chi connectivity index (χ4v) is 3.46. The molecule has 1 aromatic carbocycles. The SMILES string of the molecule is Cc1nn(C)c(Oc2ccccc2)c1C=C1C=C(C(C)(C)C)C(C(=O)OCON)=CC1. The van der Waals surface area contributed by atoms with Gasteiger partial charge >= 0.3 is 5.97 Å². The second kappa shape index (κ2) is 9.32. The summed E-state index contributed by atoms with van der Waals surface area (Å²) in [5.74, 6) is 5.94. The number of esters is 1. The van der Waals surface area contributed by atoms with E-state index in [0.717, 1.165) is 28.2 Å². The second-order valence-corrected chi connectivity index (χ2v) is 8.41. The van der Waals surface area contributed by atoms with Crippen molar-refractivity contribution in [2.75, 3.05) is 6.79 Å². The number of hydrogen-bond donors (Lipinski definition) is 1. The van der Waals surface area contributed by atoms with Crippen LogP contribution >= 0.6 is 0 Å². The van der Waals surface area contributed by atoms with Gasteiger partial charge in [-0.05, 0) is 48.1 Å². The lowest BCUT2D eigenvalue weighted by Crippen LogP contribution is -2.22. The molecule has 0 bridgehead atoms. The zero-order chi connectivity index (χ0) is 22.6. The van der Waals surface area contributed by atoms with Gasteiger partial charge in [0.2, 0.25) is 12.7 Å². The Kier molecular flexibility index (Phi) is 6.77. The quantitative estimate of drug-likeness (QED) is 0.415. The van der Waals surface area contributed by atoms with Crippen LogP contribution in [0.4, 0.5) is 0 Å². The van der Waals surface area contributed by atoms with Crippen molar-refractivity contribution in [1.82, 2.24) is 9.78 Å². The molecule has 0 unspecified atom stereocenters. The second-order valence-electron chi connectivity index (χ2n) is 8.41. The third-order valence-electron chi connectivity index (χ3n) is 4.95. The Balaban J connectivity index is 1.97. The first-order chi connectivity index (χ1) is 14.7. The molecule has 1 aliphatic rings. The summed E-state index contributed by atoms with van der Waals surface area (Å²) in [6.45, 7) is 7.84. The fourth-order valence-electron chi connectivity index (χ4n) is 3.46. The number of carbonyl (C=O) groups is 1. The zero-order valence-electron chi connectivity index (χ0n) is 18.6. The topological polar surface area (TPSA) is 88.6 Å². The van der Waals surface area contributed by atoms with Crippen LogP contribution in [0.5, 0.6) is 11.6 Å². The molecule has 0 saturated heterocycles. The molecular formula is C24H29N3O4. The highest BCUT2D eigenvalue weighted by Crippen LogP contribution is 2.38. The number of rotatable bonds is 6. The average molecular weight is 424 g/mol. The summed E-state index contributed by atoms with van der Waals surface area (Å²) in [7, 11) is 1.86. The highest BCUT2D eigenvalue weighted by Gasteiger charge is 2.28. The normalized spacial score (nSPS) is 15.5. The van der Waals surface area contributed by atoms with Crippen molar-refractivity contribution >= 4 is 12.0 Å². The van der Waals surface area contributed by atoms with E-state index in [9.17, 15) is 4.79 Å². The number of carbonyl (C=O) groups excluding carboxylic acids is 1. The maximum atomic E-state index is 12.5. The first kappa shape index (κ1) is 22.5. The molecule has 0 radical (unpaired) electrons. The molecule has 1 heterocycles. The molecule has 0 atom stereocenters. The first-order valence-electron chi connectivity index (χ1n) is 10.1. The standard InChI is InChI=1S/C24H29N3O4/c1-16-20(22(27(5)26-16)31-18-9-7-6-8-10-18)13-17-11-12-19(23(28)29-15-30-25)21(14-17)24(2,3)4/h6-10,12-14H,11,15,25H2,1-5H3. The third-order valence-corrected chi connectivity index (χ3v) is 4.95.